The van der Waals surface area contributed by atoms with E-state index in [2.05, 4.69) is 11.4 Å². The number of rotatable bonds is 4. The predicted octanol–water partition coefficient (Wildman–Crippen LogP) is 0.395. The topological polar surface area (TPSA) is 53.9 Å². The maximum Gasteiger partial charge on any atom is 0.282 e. The van der Waals surface area contributed by atoms with Crippen LogP contribution in [-0.4, -0.2) is 44.0 Å². The van der Waals surface area contributed by atoms with Crippen LogP contribution in [0.5, 0.6) is 0 Å². The van der Waals surface area contributed by atoms with E-state index in [-0.39, 0.29) is 17.4 Å². The van der Waals surface area contributed by atoms with Gasteiger partial charge in [-0.2, -0.15) is 0 Å². The van der Waals surface area contributed by atoms with Crippen LogP contribution >= 0.6 is 0 Å². The minimum absolute atomic E-state index is 0.0261. The van der Waals surface area contributed by atoms with E-state index < -0.39 is 0 Å². The van der Waals surface area contributed by atoms with E-state index in [0.29, 0.717) is 13.1 Å². The fourth-order valence-corrected chi connectivity index (χ4v) is 2.95. The highest BCUT2D eigenvalue weighted by Gasteiger charge is 2.25. The fourth-order valence-electron chi connectivity index (χ4n) is 2.95. The molecule has 1 atom stereocenters. The second-order valence-electron chi connectivity index (χ2n) is 7.39. The molecule has 0 fully saturated rings. The first-order valence-electron chi connectivity index (χ1n) is 8.27. The highest BCUT2D eigenvalue weighted by atomic mass is 16.2. The number of aryl methyl sites for hydroxylation is 1. The van der Waals surface area contributed by atoms with Gasteiger partial charge in [0.05, 0.1) is 7.05 Å². The van der Waals surface area contributed by atoms with Gasteiger partial charge in [0.1, 0.15) is 0 Å². The molecule has 0 aromatic heterocycles. The Morgan fingerprint density at radius 1 is 1.22 bits per heavy atom. The van der Waals surface area contributed by atoms with Crippen molar-refractivity contribution >= 4 is 17.5 Å². The molecule has 1 heterocycles. The lowest BCUT2D eigenvalue weighted by atomic mass is 10.0. The number of hydrogen-bond donors (Lipinski definition) is 2. The van der Waals surface area contributed by atoms with E-state index in [1.807, 2.05) is 50.9 Å². The highest BCUT2D eigenvalue weighted by Crippen LogP contribution is 2.26. The summed E-state index contributed by atoms with van der Waals surface area (Å²) in [5.41, 5.74) is 2.01. The second kappa shape index (κ2) is 7.13. The Balaban J connectivity index is 1.93. The first-order valence-corrected chi connectivity index (χ1v) is 8.27. The number of quaternary nitrogens is 1. The number of fused-ring (bicyclic) bond motifs is 1. The van der Waals surface area contributed by atoms with Gasteiger partial charge in [0, 0.05) is 17.8 Å². The smallest absolute Gasteiger partial charge is 0.282 e. The normalized spacial score (nSPS) is 15.7. The first-order chi connectivity index (χ1) is 10.8. The van der Waals surface area contributed by atoms with Crippen molar-refractivity contribution in [2.24, 2.45) is 0 Å². The van der Waals surface area contributed by atoms with Crippen LogP contribution < -0.4 is 15.1 Å². The van der Waals surface area contributed by atoms with E-state index in [1.165, 1.54) is 5.56 Å². The molecule has 0 spiro atoms. The van der Waals surface area contributed by atoms with Crippen molar-refractivity contribution < 1.29 is 14.5 Å². The molecular formula is C18H28N3O2+. The Morgan fingerprint density at radius 3 is 2.61 bits per heavy atom. The number of benzene rings is 1. The average Bonchev–Trinajstić information content (AvgIpc) is 2.44. The molecule has 1 aliphatic heterocycles. The molecule has 0 radical (unpaired) electrons. The molecule has 1 aliphatic rings. The van der Waals surface area contributed by atoms with Gasteiger partial charge in [0.2, 0.25) is 0 Å². The number of carbonyl (C=O) groups is 2. The summed E-state index contributed by atoms with van der Waals surface area (Å²) in [6.07, 6.45) is 2.02. The van der Waals surface area contributed by atoms with Gasteiger partial charge in [-0.15, -0.1) is 0 Å². The van der Waals surface area contributed by atoms with E-state index in [9.17, 15) is 9.59 Å². The Bertz CT molecular complexity index is 578. The molecule has 126 valence electrons. The van der Waals surface area contributed by atoms with Gasteiger partial charge in [-0.05, 0) is 45.2 Å². The molecule has 5 heteroatoms. The third kappa shape index (κ3) is 5.06. The first kappa shape index (κ1) is 17.5. The molecule has 23 heavy (non-hydrogen) atoms. The lowest BCUT2D eigenvalue weighted by Gasteiger charge is -2.30. The Morgan fingerprint density at radius 2 is 1.91 bits per heavy atom. The van der Waals surface area contributed by atoms with Crippen molar-refractivity contribution in [3.63, 3.8) is 0 Å². The SMILES string of the molecule is C[NH+](CC(=O)NC(C)(C)C)CC(=O)N1CCCc2ccccc21. The van der Waals surface area contributed by atoms with Crippen LogP contribution in [0.1, 0.15) is 32.8 Å². The summed E-state index contributed by atoms with van der Waals surface area (Å²) in [5, 5.41) is 2.93. The van der Waals surface area contributed by atoms with Crippen LogP contribution in [0.3, 0.4) is 0 Å². The van der Waals surface area contributed by atoms with Crippen molar-refractivity contribution in [3.8, 4) is 0 Å². The lowest BCUT2D eigenvalue weighted by molar-refractivity contribution is -0.862. The summed E-state index contributed by atoms with van der Waals surface area (Å²) in [7, 11) is 1.88. The molecule has 2 rings (SSSR count). The predicted molar refractivity (Wildman–Crippen MR) is 91.6 cm³/mol. The molecule has 0 saturated carbocycles. The number of carbonyl (C=O) groups excluding carboxylic acids is 2. The Labute approximate surface area is 138 Å². The molecule has 0 aliphatic carbocycles. The van der Waals surface area contributed by atoms with E-state index in [1.54, 1.807) is 0 Å². The summed E-state index contributed by atoms with van der Waals surface area (Å²) in [6, 6.07) is 8.08. The molecule has 1 unspecified atom stereocenters. The van der Waals surface area contributed by atoms with Crippen LogP contribution in [0.4, 0.5) is 5.69 Å². The zero-order chi connectivity index (χ0) is 17.0. The number of likely N-dealkylation sites (N-methyl/N-ethyl adjacent to an activating group) is 1. The number of nitrogens with one attached hydrogen (secondary N) is 2. The summed E-state index contributed by atoms with van der Waals surface area (Å²) in [6.45, 7) is 7.25. The minimum atomic E-state index is -0.243. The molecular weight excluding hydrogens is 290 g/mol. The number of amides is 2. The summed E-state index contributed by atoms with van der Waals surface area (Å²) in [4.78, 5) is 27.3. The van der Waals surface area contributed by atoms with Gasteiger partial charge in [-0.3, -0.25) is 9.59 Å². The fraction of sp³-hybridized carbons (Fsp3) is 0.556. The van der Waals surface area contributed by atoms with Crippen LogP contribution in [-0.2, 0) is 16.0 Å². The number of hydrogen-bond acceptors (Lipinski definition) is 2. The van der Waals surface area contributed by atoms with Crippen molar-refractivity contribution in [1.29, 1.82) is 0 Å². The van der Waals surface area contributed by atoms with Crippen LogP contribution in [0.25, 0.3) is 0 Å². The zero-order valence-corrected chi connectivity index (χ0v) is 14.6. The molecule has 1 aromatic rings. The molecule has 0 saturated heterocycles. The Hall–Kier alpha value is -1.88. The third-order valence-corrected chi connectivity index (χ3v) is 3.84. The van der Waals surface area contributed by atoms with Crippen LogP contribution in [0.15, 0.2) is 24.3 Å². The molecule has 5 nitrogen and oxygen atoms in total. The van der Waals surface area contributed by atoms with Gasteiger partial charge in [0.25, 0.3) is 11.8 Å². The van der Waals surface area contributed by atoms with Crippen molar-refractivity contribution in [3.05, 3.63) is 29.8 Å². The van der Waals surface area contributed by atoms with Gasteiger partial charge < -0.3 is 15.1 Å². The zero-order valence-electron chi connectivity index (χ0n) is 14.6. The molecule has 2 N–H and O–H groups in total. The molecule has 2 amide bonds. The summed E-state index contributed by atoms with van der Waals surface area (Å²) >= 11 is 0. The highest BCUT2D eigenvalue weighted by molar-refractivity contribution is 5.95. The lowest BCUT2D eigenvalue weighted by Crippen LogP contribution is -3.11. The average molecular weight is 318 g/mol. The maximum atomic E-state index is 12.6. The van der Waals surface area contributed by atoms with Crippen LogP contribution in [0, 0.1) is 0 Å². The van der Waals surface area contributed by atoms with E-state index in [0.717, 1.165) is 30.0 Å². The van der Waals surface area contributed by atoms with Gasteiger partial charge in [-0.25, -0.2) is 0 Å². The Kier molecular flexibility index (Phi) is 5.42. The van der Waals surface area contributed by atoms with E-state index >= 15 is 0 Å². The van der Waals surface area contributed by atoms with Crippen molar-refractivity contribution in [2.75, 3.05) is 31.6 Å². The quantitative estimate of drug-likeness (QED) is 0.844. The molecule has 0 bridgehead atoms. The summed E-state index contributed by atoms with van der Waals surface area (Å²) in [5.74, 6) is 0.0556. The van der Waals surface area contributed by atoms with Crippen molar-refractivity contribution in [2.45, 2.75) is 39.2 Å². The van der Waals surface area contributed by atoms with Gasteiger partial charge >= 0.3 is 0 Å². The maximum absolute atomic E-state index is 12.6. The summed E-state index contributed by atoms with van der Waals surface area (Å²) < 4.78 is 0. The van der Waals surface area contributed by atoms with Gasteiger partial charge in [-0.1, -0.05) is 18.2 Å². The second-order valence-corrected chi connectivity index (χ2v) is 7.39. The number of anilines is 1. The standard InChI is InChI=1S/C18H27N3O2/c1-18(2,3)19-16(22)12-20(4)13-17(23)21-11-7-9-14-8-5-6-10-15(14)21/h5-6,8,10H,7,9,11-13H2,1-4H3,(H,19,22)/p+1. The van der Waals surface area contributed by atoms with E-state index in [4.69, 9.17) is 0 Å². The van der Waals surface area contributed by atoms with Gasteiger partial charge in [0.15, 0.2) is 13.1 Å². The van der Waals surface area contributed by atoms with Crippen LogP contribution in [0.2, 0.25) is 0 Å². The third-order valence-electron chi connectivity index (χ3n) is 3.84. The molecule has 1 aromatic carbocycles. The largest absolute Gasteiger partial charge is 0.347 e. The monoisotopic (exact) mass is 318 g/mol. The number of nitrogens with zero attached hydrogens (tertiary/aromatic N) is 1. The minimum Gasteiger partial charge on any atom is -0.347 e. The number of para-hydroxylation sites is 1. The van der Waals surface area contributed by atoms with Crippen molar-refractivity contribution in [1.82, 2.24) is 5.32 Å².